The Morgan fingerprint density at radius 1 is 1.37 bits per heavy atom. The third-order valence-electron chi connectivity index (χ3n) is 2.89. The van der Waals surface area contributed by atoms with Gasteiger partial charge in [0.2, 0.25) is 0 Å². The van der Waals surface area contributed by atoms with Gasteiger partial charge in [0, 0.05) is 26.9 Å². The highest BCUT2D eigenvalue weighted by atomic mass is 79.9. The molecule has 0 saturated heterocycles. The van der Waals surface area contributed by atoms with E-state index in [1.54, 1.807) is 18.2 Å². The molecule has 0 bridgehead atoms. The number of halogens is 3. The topological polar surface area (TPSA) is 29.1 Å². The fraction of sp³-hybridized carbons (Fsp3) is 0.500. The van der Waals surface area contributed by atoms with Crippen LogP contribution in [0.15, 0.2) is 22.7 Å². The molecule has 19 heavy (non-hydrogen) atoms. The summed E-state index contributed by atoms with van der Waals surface area (Å²) in [5.41, 5.74) is 0.591. The fourth-order valence-electron chi connectivity index (χ4n) is 1.94. The van der Waals surface area contributed by atoms with Crippen LogP contribution < -0.4 is 5.32 Å². The van der Waals surface area contributed by atoms with Gasteiger partial charge in [-0.25, -0.2) is 0 Å². The SMILES string of the molecule is CCCC(CCBr)CNC(=O)c1cc(Cl)cc(Br)c1. The van der Waals surface area contributed by atoms with Gasteiger partial charge in [0.15, 0.2) is 0 Å². The average molecular weight is 412 g/mol. The third-order valence-corrected chi connectivity index (χ3v) is 4.02. The van der Waals surface area contributed by atoms with Crippen molar-refractivity contribution < 1.29 is 4.79 Å². The van der Waals surface area contributed by atoms with Crippen LogP contribution in [0.1, 0.15) is 36.5 Å². The van der Waals surface area contributed by atoms with Crippen molar-refractivity contribution in [2.24, 2.45) is 5.92 Å². The summed E-state index contributed by atoms with van der Waals surface area (Å²) in [6.45, 7) is 2.87. The van der Waals surface area contributed by atoms with Crippen LogP contribution in [0.2, 0.25) is 5.02 Å². The van der Waals surface area contributed by atoms with Gasteiger partial charge in [-0.1, -0.05) is 56.8 Å². The van der Waals surface area contributed by atoms with E-state index in [9.17, 15) is 4.79 Å². The highest BCUT2D eigenvalue weighted by Gasteiger charge is 2.11. The zero-order valence-corrected chi connectivity index (χ0v) is 14.8. The standard InChI is InChI=1S/C14H18Br2ClNO/c1-2-3-10(4-5-15)9-18-14(19)11-6-12(16)8-13(17)7-11/h6-8,10H,2-5,9H2,1H3,(H,18,19). The smallest absolute Gasteiger partial charge is 0.251 e. The van der Waals surface area contributed by atoms with Gasteiger partial charge in [0.1, 0.15) is 0 Å². The van der Waals surface area contributed by atoms with E-state index in [0.29, 0.717) is 23.0 Å². The van der Waals surface area contributed by atoms with Gasteiger partial charge in [-0.05, 0) is 37.0 Å². The molecule has 0 fully saturated rings. The van der Waals surface area contributed by atoms with E-state index in [2.05, 4.69) is 44.1 Å². The van der Waals surface area contributed by atoms with Gasteiger partial charge in [0.25, 0.3) is 5.91 Å². The summed E-state index contributed by atoms with van der Waals surface area (Å²) in [5.74, 6) is 0.454. The lowest BCUT2D eigenvalue weighted by Gasteiger charge is -2.15. The minimum Gasteiger partial charge on any atom is -0.352 e. The van der Waals surface area contributed by atoms with Crippen molar-refractivity contribution in [2.75, 3.05) is 11.9 Å². The molecule has 1 amide bonds. The molecule has 0 saturated carbocycles. The number of nitrogens with one attached hydrogen (secondary N) is 1. The van der Waals surface area contributed by atoms with Crippen molar-refractivity contribution in [1.29, 1.82) is 0 Å². The van der Waals surface area contributed by atoms with Crippen LogP contribution in [0.25, 0.3) is 0 Å². The van der Waals surface area contributed by atoms with Gasteiger partial charge in [-0.2, -0.15) is 0 Å². The molecule has 1 aromatic rings. The molecule has 5 heteroatoms. The van der Waals surface area contributed by atoms with Crippen molar-refractivity contribution in [3.05, 3.63) is 33.3 Å². The zero-order valence-electron chi connectivity index (χ0n) is 10.9. The Kier molecular flexibility index (Phi) is 8.03. The minimum absolute atomic E-state index is 0.0705. The lowest BCUT2D eigenvalue weighted by Crippen LogP contribution is -2.29. The van der Waals surface area contributed by atoms with Crippen LogP contribution in [-0.4, -0.2) is 17.8 Å². The second-order valence-electron chi connectivity index (χ2n) is 4.50. The molecular formula is C14H18Br2ClNO. The lowest BCUT2D eigenvalue weighted by atomic mass is 10.0. The number of benzene rings is 1. The second kappa shape index (κ2) is 8.98. The fourth-order valence-corrected chi connectivity index (χ4v) is 3.44. The van der Waals surface area contributed by atoms with Gasteiger partial charge in [-0.3, -0.25) is 4.79 Å². The molecule has 0 aliphatic heterocycles. The van der Waals surface area contributed by atoms with Crippen molar-refractivity contribution in [1.82, 2.24) is 5.32 Å². The average Bonchev–Trinajstić information content (AvgIpc) is 2.35. The maximum Gasteiger partial charge on any atom is 0.251 e. The van der Waals surface area contributed by atoms with E-state index in [4.69, 9.17) is 11.6 Å². The van der Waals surface area contributed by atoms with Crippen LogP contribution in [-0.2, 0) is 0 Å². The van der Waals surface area contributed by atoms with Crippen LogP contribution in [0.4, 0.5) is 0 Å². The number of alkyl halides is 1. The molecule has 0 radical (unpaired) electrons. The predicted octanol–water partition coefficient (Wildman–Crippen LogP) is 5.03. The molecule has 1 aromatic carbocycles. The normalized spacial score (nSPS) is 12.2. The molecule has 1 atom stereocenters. The monoisotopic (exact) mass is 409 g/mol. The Morgan fingerprint density at radius 2 is 2.11 bits per heavy atom. The molecule has 1 rings (SSSR count). The molecular weight excluding hydrogens is 393 g/mol. The molecule has 0 aliphatic carbocycles. The highest BCUT2D eigenvalue weighted by molar-refractivity contribution is 9.10. The first kappa shape index (κ1) is 17.0. The largest absolute Gasteiger partial charge is 0.352 e. The van der Waals surface area contributed by atoms with Crippen molar-refractivity contribution in [2.45, 2.75) is 26.2 Å². The van der Waals surface area contributed by atoms with Crippen LogP contribution in [0.3, 0.4) is 0 Å². The first-order valence-electron chi connectivity index (χ1n) is 6.37. The van der Waals surface area contributed by atoms with E-state index in [1.807, 2.05) is 0 Å². The second-order valence-corrected chi connectivity index (χ2v) is 6.65. The molecule has 0 aromatic heterocycles. The Hall–Kier alpha value is -0.0600. The Balaban J connectivity index is 2.58. The Bertz CT molecular complexity index is 400. The maximum atomic E-state index is 12.1. The summed E-state index contributed by atoms with van der Waals surface area (Å²) in [5, 5.41) is 4.51. The molecule has 0 heterocycles. The van der Waals surface area contributed by atoms with Gasteiger partial charge in [0.05, 0.1) is 0 Å². The van der Waals surface area contributed by atoms with Gasteiger partial charge >= 0.3 is 0 Å². The van der Waals surface area contributed by atoms with Crippen molar-refractivity contribution in [3.8, 4) is 0 Å². The molecule has 106 valence electrons. The van der Waals surface area contributed by atoms with E-state index >= 15 is 0 Å². The summed E-state index contributed by atoms with van der Waals surface area (Å²) >= 11 is 12.7. The highest BCUT2D eigenvalue weighted by Crippen LogP contribution is 2.19. The number of carbonyl (C=O) groups is 1. The first-order valence-corrected chi connectivity index (χ1v) is 8.66. The molecule has 1 N–H and O–H groups in total. The number of hydrogen-bond donors (Lipinski definition) is 1. The van der Waals surface area contributed by atoms with Crippen LogP contribution >= 0.6 is 43.5 Å². The van der Waals surface area contributed by atoms with E-state index in [-0.39, 0.29) is 5.91 Å². The predicted molar refractivity (Wildman–Crippen MR) is 88.3 cm³/mol. The molecule has 0 aliphatic rings. The molecule has 0 spiro atoms. The van der Waals surface area contributed by atoms with E-state index in [1.165, 1.54) is 0 Å². The van der Waals surface area contributed by atoms with Crippen LogP contribution in [0.5, 0.6) is 0 Å². The number of hydrogen-bond acceptors (Lipinski definition) is 1. The summed E-state index contributed by atoms with van der Waals surface area (Å²) < 4.78 is 0.815. The van der Waals surface area contributed by atoms with Gasteiger partial charge < -0.3 is 5.32 Å². The Labute approximate surface area is 136 Å². The summed E-state index contributed by atoms with van der Waals surface area (Å²) in [7, 11) is 0. The number of amides is 1. The lowest BCUT2D eigenvalue weighted by molar-refractivity contribution is 0.0946. The summed E-state index contributed by atoms with van der Waals surface area (Å²) in [4.78, 5) is 12.1. The van der Waals surface area contributed by atoms with Crippen molar-refractivity contribution in [3.63, 3.8) is 0 Å². The van der Waals surface area contributed by atoms with Gasteiger partial charge in [-0.15, -0.1) is 0 Å². The third kappa shape index (κ3) is 6.28. The summed E-state index contributed by atoms with van der Waals surface area (Å²) in [6.07, 6.45) is 3.34. The van der Waals surface area contributed by atoms with E-state index in [0.717, 1.165) is 29.1 Å². The molecule has 2 nitrogen and oxygen atoms in total. The number of rotatable bonds is 7. The maximum absolute atomic E-state index is 12.1. The minimum atomic E-state index is -0.0705. The van der Waals surface area contributed by atoms with E-state index < -0.39 is 0 Å². The summed E-state index contributed by atoms with van der Waals surface area (Å²) in [6, 6.07) is 5.23. The first-order chi connectivity index (χ1) is 9.06. The zero-order chi connectivity index (χ0) is 14.3. The van der Waals surface area contributed by atoms with Crippen LogP contribution in [0, 0.1) is 5.92 Å². The number of carbonyl (C=O) groups excluding carboxylic acids is 1. The van der Waals surface area contributed by atoms with Crippen molar-refractivity contribution >= 4 is 49.4 Å². The molecule has 1 unspecified atom stereocenters. The Morgan fingerprint density at radius 3 is 2.68 bits per heavy atom. The quantitative estimate of drug-likeness (QED) is 0.626.